The Morgan fingerprint density at radius 3 is 2.18 bits per heavy atom. The molecule has 0 saturated heterocycles. The minimum absolute atomic E-state index is 0.0658. The molecule has 0 saturated carbocycles. The summed E-state index contributed by atoms with van der Waals surface area (Å²) >= 11 is 19.5. The van der Waals surface area contributed by atoms with Crippen molar-refractivity contribution < 1.29 is 19.2 Å². The Labute approximate surface area is 95.3 Å². The Balaban J connectivity index is 3.22. The zero-order chi connectivity index (χ0) is 8.91. The van der Waals surface area contributed by atoms with Gasteiger partial charge in [0.25, 0.3) is 0 Å². The van der Waals surface area contributed by atoms with Crippen LogP contribution >= 0.6 is 33.2 Å². The predicted octanol–water partition coefficient (Wildman–Crippen LogP) is 3.59. The van der Waals surface area contributed by atoms with E-state index in [9.17, 15) is 0 Å². The summed E-state index contributed by atoms with van der Waals surface area (Å²) in [6.45, 7) is 2.32. The first-order valence-corrected chi connectivity index (χ1v) is 13.3. The average molecular weight is 282 g/mol. The van der Waals surface area contributed by atoms with Crippen LogP contribution in [0.4, 0.5) is 0 Å². The molecular formula is C5H11Cl3Si2Ti+2. The van der Waals surface area contributed by atoms with E-state index in [1.165, 1.54) is 12.5 Å². The molecule has 0 atom stereocenters. The van der Waals surface area contributed by atoms with Crippen LogP contribution in [0.3, 0.4) is 0 Å². The van der Waals surface area contributed by atoms with Gasteiger partial charge in [0.2, 0.25) is 0 Å². The first-order valence-electron chi connectivity index (χ1n) is 3.52. The Morgan fingerprint density at radius 2 is 1.82 bits per heavy atom. The van der Waals surface area contributed by atoms with Gasteiger partial charge in [-0.1, -0.05) is 0 Å². The number of unbranched alkanes of at least 4 members (excludes halogenated alkanes) is 1. The molecule has 0 aromatic heterocycles. The fourth-order valence-electron chi connectivity index (χ4n) is 0.716. The first kappa shape index (κ1) is 13.0. The normalized spacial score (nSPS) is 11.8. The van der Waals surface area contributed by atoms with E-state index >= 15 is 0 Å². The summed E-state index contributed by atoms with van der Waals surface area (Å²) in [6, 6.07) is -0.128. The van der Waals surface area contributed by atoms with Crippen LogP contribution < -0.4 is 0 Å². The minimum atomic E-state index is -2.30. The molecule has 0 fully saturated rings. The molecule has 6 heteroatoms. The molecule has 0 aliphatic rings. The molecule has 0 aliphatic carbocycles. The van der Waals surface area contributed by atoms with Gasteiger partial charge in [-0.2, -0.15) is 0 Å². The molecule has 0 bridgehead atoms. The third kappa shape index (κ3) is 12.0. The summed E-state index contributed by atoms with van der Waals surface area (Å²) in [5.74, 6) is 0. The van der Waals surface area contributed by atoms with Crippen molar-refractivity contribution in [2.24, 2.45) is 0 Å². The van der Waals surface area contributed by atoms with Crippen LogP contribution in [0.1, 0.15) is 12.8 Å². The van der Waals surface area contributed by atoms with Crippen molar-refractivity contribution in [2.45, 2.75) is 31.5 Å². The fraction of sp³-hybridized carbons (Fsp3) is 1.00. The van der Waals surface area contributed by atoms with Gasteiger partial charge in [-0.05, 0) is 0 Å². The molecule has 0 nitrogen and oxygen atoms in total. The summed E-state index contributed by atoms with van der Waals surface area (Å²) in [6.07, 6.45) is 2.27. The molecule has 0 amide bonds. The van der Waals surface area contributed by atoms with E-state index in [0.717, 1.165) is 12.5 Å². The van der Waals surface area contributed by atoms with Gasteiger partial charge in [-0.25, -0.2) is 0 Å². The SMILES string of the molecule is C[Si](=[Ti+2])CCCC[Si](Cl)(Cl)Cl. The molecule has 0 rings (SSSR count). The van der Waals surface area contributed by atoms with Crippen LogP contribution in [-0.2, 0) is 19.2 Å². The van der Waals surface area contributed by atoms with Gasteiger partial charge in [0.1, 0.15) is 0 Å². The fourth-order valence-corrected chi connectivity index (χ4v) is 4.18. The second-order valence-corrected chi connectivity index (χ2v) is 17.9. The Bertz CT molecular complexity index is 134. The van der Waals surface area contributed by atoms with E-state index in [4.69, 9.17) is 33.2 Å². The summed E-state index contributed by atoms with van der Waals surface area (Å²) in [7, 11) is 0. The molecule has 0 N–H and O–H groups in total. The van der Waals surface area contributed by atoms with Gasteiger partial charge in [-0.3, -0.25) is 0 Å². The topological polar surface area (TPSA) is 0 Å². The van der Waals surface area contributed by atoms with Gasteiger partial charge in [0.15, 0.2) is 0 Å². The Hall–Kier alpha value is 2.02. The average Bonchev–Trinajstić information content (AvgIpc) is 1.78. The van der Waals surface area contributed by atoms with Crippen LogP contribution in [0.25, 0.3) is 0 Å². The summed E-state index contributed by atoms with van der Waals surface area (Å²) in [5.41, 5.74) is 0. The predicted molar refractivity (Wildman–Crippen MR) is 53.8 cm³/mol. The molecule has 0 radical (unpaired) electrons. The molecule has 0 aromatic rings. The summed E-state index contributed by atoms with van der Waals surface area (Å²) < 4.78 is 0. The van der Waals surface area contributed by atoms with Crippen molar-refractivity contribution in [1.29, 1.82) is 0 Å². The summed E-state index contributed by atoms with van der Waals surface area (Å²) in [4.78, 5) is 0. The van der Waals surface area contributed by atoms with E-state index < -0.39 is 6.00 Å². The number of halogens is 3. The van der Waals surface area contributed by atoms with Crippen molar-refractivity contribution in [3.63, 3.8) is 0 Å². The number of hydrogen-bond donors (Lipinski definition) is 0. The van der Waals surface area contributed by atoms with E-state index in [1.54, 1.807) is 0 Å². The molecule has 0 aromatic carbocycles. The second-order valence-electron chi connectivity index (χ2n) is 2.60. The second kappa shape index (κ2) is 6.47. The Morgan fingerprint density at radius 1 is 1.27 bits per heavy atom. The molecule has 0 heterocycles. The van der Waals surface area contributed by atoms with Crippen LogP contribution in [0, 0.1) is 0 Å². The molecule has 0 unspecified atom stereocenters. The van der Waals surface area contributed by atoms with E-state index in [-0.39, 0.29) is 6.19 Å². The molecule has 62 valence electrons. The van der Waals surface area contributed by atoms with E-state index in [2.05, 4.69) is 25.7 Å². The number of hydrogen-bond acceptors (Lipinski definition) is 0. The van der Waals surface area contributed by atoms with Crippen LogP contribution in [-0.4, -0.2) is 12.2 Å². The molecule has 0 spiro atoms. The molecule has 0 aliphatic heterocycles. The van der Waals surface area contributed by atoms with Crippen molar-refractivity contribution in [1.82, 2.24) is 0 Å². The monoisotopic (exact) mass is 280 g/mol. The van der Waals surface area contributed by atoms with Crippen LogP contribution in [0.5, 0.6) is 0 Å². The molecule has 11 heavy (non-hydrogen) atoms. The van der Waals surface area contributed by atoms with Crippen molar-refractivity contribution in [3.05, 3.63) is 0 Å². The van der Waals surface area contributed by atoms with Gasteiger partial charge in [-0.15, -0.1) is 0 Å². The van der Waals surface area contributed by atoms with Gasteiger partial charge in [0.05, 0.1) is 0 Å². The van der Waals surface area contributed by atoms with Gasteiger partial charge in [0, 0.05) is 0 Å². The third-order valence-electron chi connectivity index (χ3n) is 1.26. The quantitative estimate of drug-likeness (QED) is 0.410. The van der Waals surface area contributed by atoms with Gasteiger partial charge < -0.3 is 0 Å². The van der Waals surface area contributed by atoms with Crippen molar-refractivity contribution >= 4 is 45.4 Å². The van der Waals surface area contributed by atoms with Crippen molar-refractivity contribution in [2.75, 3.05) is 0 Å². The zero-order valence-electron chi connectivity index (χ0n) is 6.46. The molecular weight excluding hydrogens is 270 g/mol. The number of rotatable bonds is 5. The zero-order valence-corrected chi connectivity index (χ0v) is 12.3. The Kier molecular flexibility index (Phi) is 7.66. The first-order chi connectivity index (χ1) is 4.92. The van der Waals surface area contributed by atoms with Crippen LogP contribution in [0.15, 0.2) is 0 Å². The van der Waals surface area contributed by atoms with E-state index in [0.29, 0.717) is 0 Å². The van der Waals surface area contributed by atoms with Crippen molar-refractivity contribution in [3.8, 4) is 0 Å². The maximum absolute atomic E-state index is 5.73. The standard InChI is InChI=1S/C5H11Cl3Si2.Ti/c1-9-4-2-3-5-10(6,7)8;/h2-5H2,1H3;/q;+2. The van der Waals surface area contributed by atoms with E-state index in [1.807, 2.05) is 0 Å². The van der Waals surface area contributed by atoms with Crippen LogP contribution in [0.2, 0.25) is 18.6 Å². The third-order valence-corrected chi connectivity index (χ3v) is 6.16. The van der Waals surface area contributed by atoms with Gasteiger partial charge >= 0.3 is 96.1 Å². The summed E-state index contributed by atoms with van der Waals surface area (Å²) in [5, 5.41) is 0. The maximum atomic E-state index is 5.73.